The number of benzene rings is 1. The van der Waals surface area contributed by atoms with Gasteiger partial charge >= 0.3 is 5.97 Å². The fraction of sp³-hybridized carbons (Fsp3) is 0.417. The fourth-order valence-electron chi connectivity index (χ4n) is 1.51. The van der Waals surface area contributed by atoms with Crippen LogP contribution >= 0.6 is 0 Å². The molecule has 0 heterocycles. The van der Waals surface area contributed by atoms with Gasteiger partial charge in [-0.3, -0.25) is 10.1 Å². The summed E-state index contributed by atoms with van der Waals surface area (Å²) in [6.45, 7) is 3.70. The van der Waals surface area contributed by atoms with Crippen molar-refractivity contribution >= 4 is 5.97 Å². The van der Waals surface area contributed by atoms with Gasteiger partial charge in [0.15, 0.2) is 0 Å². The molecule has 0 saturated carbocycles. The van der Waals surface area contributed by atoms with Crippen LogP contribution in [0.25, 0.3) is 0 Å². The number of hydrogen-bond donors (Lipinski definition) is 2. The molecule has 0 amide bonds. The van der Waals surface area contributed by atoms with Gasteiger partial charge in [-0.1, -0.05) is 37.3 Å². The molecule has 3 nitrogen and oxygen atoms in total. The first-order valence-corrected chi connectivity index (χ1v) is 5.19. The first kappa shape index (κ1) is 11.7. The van der Waals surface area contributed by atoms with Gasteiger partial charge in [0.25, 0.3) is 0 Å². The molecule has 2 atom stereocenters. The molecule has 82 valence electrons. The van der Waals surface area contributed by atoms with Gasteiger partial charge in [-0.25, -0.2) is 0 Å². The average molecular weight is 207 g/mol. The van der Waals surface area contributed by atoms with Crippen LogP contribution in [0.5, 0.6) is 0 Å². The minimum atomic E-state index is -0.815. The summed E-state index contributed by atoms with van der Waals surface area (Å²) in [7, 11) is 0. The number of carbonyl (C=O) groups is 1. The van der Waals surface area contributed by atoms with Crippen LogP contribution in [0.1, 0.15) is 31.9 Å². The van der Waals surface area contributed by atoms with Crippen LogP contribution in [0.3, 0.4) is 0 Å². The highest BCUT2D eigenvalue weighted by atomic mass is 16.4. The zero-order valence-corrected chi connectivity index (χ0v) is 9.10. The van der Waals surface area contributed by atoms with Gasteiger partial charge < -0.3 is 5.11 Å². The zero-order chi connectivity index (χ0) is 11.3. The molecule has 0 radical (unpaired) electrons. The van der Waals surface area contributed by atoms with E-state index >= 15 is 0 Å². The molecule has 2 N–H and O–H groups in total. The standard InChI is InChI=1S/C12H17NO2/c1-3-11(13-9(2)12(14)15)10-7-5-4-6-8-10/h4-9,11,13H,3H2,1-2H3,(H,14,15). The van der Waals surface area contributed by atoms with Crippen LogP contribution in [-0.2, 0) is 4.79 Å². The van der Waals surface area contributed by atoms with E-state index in [1.165, 1.54) is 0 Å². The Labute approximate surface area is 90.1 Å². The lowest BCUT2D eigenvalue weighted by Gasteiger charge is -2.20. The highest BCUT2D eigenvalue weighted by Crippen LogP contribution is 2.16. The second kappa shape index (κ2) is 5.51. The molecule has 2 unspecified atom stereocenters. The second-order valence-corrected chi connectivity index (χ2v) is 3.60. The van der Waals surface area contributed by atoms with Crippen LogP contribution in [0.2, 0.25) is 0 Å². The third-order valence-electron chi connectivity index (χ3n) is 2.43. The molecular weight excluding hydrogens is 190 g/mol. The van der Waals surface area contributed by atoms with Gasteiger partial charge in [0.2, 0.25) is 0 Å². The lowest BCUT2D eigenvalue weighted by molar-refractivity contribution is -0.139. The number of rotatable bonds is 5. The van der Waals surface area contributed by atoms with E-state index in [2.05, 4.69) is 5.32 Å². The molecule has 15 heavy (non-hydrogen) atoms. The molecule has 0 spiro atoms. The van der Waals surface area contributed by atoms with Crippen LogP contribution in [-0.4, -0.2) is 17.1 Å². The van der Waals surface area contributed by atoms with Crippen molar-refractivity contribution in [2.45, 2.75) is 32.4 Å². The lowest BCUT2D eigenvalue weighted by atomic mass is 10.0. The Balaban J connectivity index is 2.69. The van der Waals surface area contributed by atoms with Crippen molar-refractivity contribution in [1.29, 1.82) is 0 Å². The Kier molecular flexibility index (Phi) is 4.31. The first-order chi connectivity index (χ1) is 7.15. The van der Waals surface area contributed by atoms with Crippen molar-refractivity contribution in [3.8, 4) is 0 Å². The summed E-state index contributed by atoms with van der Waals surface area (Å²) in [6, 6.07) is 9.49. The van der Waals surface area contributed by atoms with E-state index in [0.717, 1.165) is 12.0 Å². The second-order valence-electron chi connectivity index (χ2n) is 3.60. The molecule has 0 aromatic heterocycles. The van der Waals surface area contributed by atoms with Crippen LogP contribution in [0, 0.1) is 0 Å². The Morgan fingerprint density at radius 2 is 2.00 bits per heavy atom. The minimum Gasteiger partial charge on any atom is -0.480 e. The summed E-state index contributed by atoms with van der Waals surface area (Å²) >= 11 is 0. The number of carboxylic acid groups (broad SMARTS) is 1. The van der Waals surface area contributed by atoms with E-state index in [-0.39, 0.29) is 6.04 Å². The van der Waals surface area contributed by atoms with Crippen molar-refractivity contribution in [2.75, 3.05) is 0 Å². The predicted molar refractivity (Wildman–Crippen MR) is 59.7 cm³/mol. The summed E-state index contributed by atoms with van der Waals surface area (Å²) in [5, 5.41) is 11.9. The number of aliphatic carboxylic acids is 1. The number of carboxylic acids is 1. The van der Waals surface area contributed by atoms with Crippen molar-refractivity contribution in [3.63, 3.8) is 0 Å². The third-order valence-corrected chi connectivity index (χ3v) is 2.43. The minimum absolute atomic E-state index is 0.109. The van der Waals surface area contributed by atoms with E-state index in [9.17, 15) is 4.79 Å². The molecule has 0 saturated heterocycles. The average Bonchev–Trinajstić information content (AvgIpc) is 2.26. The maximum Gasteiger partial charge on any atom is 0.320 e. The summed E-state index contributed by atoms with van der Waals surface area (Å²) in [6.07, 6.45) is 0.877. The summed E-state index contributed by atoms with van der Waals surface area (Å²) in [5.41, 5.74) is 1.13. The quantitative estimate of drug-likeness (QED) is 0.778. The van der Waals surface area contributed by atoms with Gasteiger partial charge in [0, 0.05) is 6.04 Å². The zero-order valence-electron chi connectivity index (χ0n) is 9.10. The van der Waals surface area contributed by atoms with Crippen molar-refractivity contribution in [1.82, 2.24) is 5.32 Å². The van der Waals surface area contributed by atoms with E-state index in [0.29, 0.717) is 0 Å². The van der Waals surface area contributed by atoms with Gasteiger partial charge in [0.1, 0.15) is 6.04 Å². The molecule has 3 heteroatoms. The summed E-state index contributed by atoms with van der Waals surface area (Å²) < 4.78 is 0. The molecule has 1 aromatic carbocycles. The van der Waals surface area contributed by atoms with Crippen molar-refractivity contribution in [2.24, 2.45) is 0 Å². The summed E-state index contributed by atoms with van der Waals surface area (Å²) in [4.78, 5) is 10.7. The Morgan fingerprint density at radius 1 is 1.40 bits per heavy atom. The van der Waals surface area contributed by atoms with Crippen molar-refractivity contribution in [3.05, 3.63) is 35.9 Å². The normalized spacial score (nSPS) is 14.5. The Bertz CT molecular complexity index is 311. The van der Waals surface area contributed by atoms with Crippen LogP contribution in [0.15, 0.2) is 30.3 Å². The van der Waals surface area contributed by atoms with Gasteiger partial charge in [0.05, 0.1) is 0 Å². The van der Waals surface area contributed by atoms with Gasteiger partial charge in [-0.05, 0) is 18.9 Å². The van der Waals surface area contributed by atoms with Crippen LogP contribution < -0.4 is 5.32 Å². The Hall–Kier alpha value is -1.35. The SMILES string of the molecule is CCC(NC(C)C(=O)O)c1ccccc1. The number of nitrogens with one attached hydrogen (secondary N) is 1. The van der Waals surface area contributed by atoms with E-state index in [1.54, 1.807) is 6.92 Å². The molecule has 1 rings (SSSR count). The van der Waals surface area contributed by atoms with E-state index in [1.807, 2.05) is 37.3 Å². The first-order valence-electron chi connectivity index (χ1n) is 5.19. The number of hydrogen-bond acceptors (Lipinski definition) is 2. The van der Waals surface area contributed by atoms with Crippen LogP contribution in [0.4, 0.5) is 0 Å². The van der Waals surface area contributed by atoms with E-state index < -0.39 is 12.0 Å². The lowest BCUT2D eigenvalue weighted by Crippen LogP contribution is -2.36. The maximum atomic E-state index is 10.7. The predicted octanol–water partition coefficient (Wildman–Crippen LogP) is 2.20. The smallest absolute Gasteiger partial charge is 0.320 e. The molecule has 1 aromatic rings. The molecule has 0 bridgehead atoms. The largest absolute Gasteiger partial charge is 0.480 e. The highest BCUT2D eigenvalue weighted by molar-refractivity contribution is 5.72. The molecule has 0 aliphatic rings. The Morgan fingerprint density at radius 3 is 2.47 bits per heavy atom. The highest BCUT2D eigenvalue weighted by Gasteiger charge is 2.16. The summed E-state index contributed by atoms with van der Waals surface area (Å²) in [5.74, 6) is -0.815. The van der Waals surface area contributed by atoms with E-state index in [4.69, 9.17) is 5.11 Å². The maximum absolute atomic E-state index is 10.7. The molecule has 0 fully saturated rings. The molecule has 0 aliphatic carbocycles. The topological polar surface area (TPSA) is 49.3 Å². The fourth-order valence-corrected chi connectivity index (χ4v) is 1.51. The third kappa shape index (κ3) is 3.36. The molecule has 0 aliphatic heterocycles. The molecular formula is C12H17NO2. The van der Waals surface area contributed by atoms with Crippen molar-refractivity contribution < 1.29 is 9.90 Å². The monoisotopic (exact) mass is 207 g/mol. The van der Waals surface area contributed by atoms with Gasteiger partial charge in [-0.15, -0.1) is 0 Å². The van der Waals surface area contributed by atoms with Gasteiger partial charge in [-0.2, -0.15) is 0 Å².